The van der Waals surface area contributed by atoms with Gasteiger partial charge in [-0.3, -0.25) is 9.69 Å². The van der Waals surface area contributed by atoms with Crippen molar-refractivity contribution in [1.82, 2.24) is 4.90 Å². The third kappa shape index (κ3) is 4.15. The van der Waals surface area contributed by atoms with E-state index < -0.39 is 24.0 Å². The zero-order chi connectivity index (χ0) is 23.0. The van der Waals surface area contributed by atoms with Gasteiger partial charge in [0.2, 0.25) is 12.1 Å². The van der Waals surface area contributed by atoms with Crippen molar-refractivity contribution in [2.75, 3.05) is 13.2 Å². The fourth-order valence-electron chi connectivity index (χ4n) is 3.86. The van der Waals surface area contributed by atoms with Crippen LogP contribution < -0.4 is 0 Å². The molecule has 2 aromatic carbocycles. The van der Waals surface area contributed by atoms with Crippen LogP contribution in [-0.4, -0.2) is 53.9 Å². The Kier molecular flexibility index (Phi) is 5.47. The van der Waals surface area contributed by atoms with Crippen molar-refractivity contribution in [2.24, 2.45) is 4.99 Å². The first-order chi connectivity index (χ1) is 15.9. The fraction of sp³-hybridized carbons (Fsp3) is 0.320. The molecule has 2 aromatic rings. The summed E-state index contributed by atoms with van der Waals surface area (Å²) in [5, 5.41) is 0. The number of carbonyl (C=O) groups is 2. The van der Waals surface area contributed by atoms with Crippen LogP contribution in [0.4, 0.5) is 0 Å². The van der Waals surface area contributed by atoms with Gasteiger partial charge in [0, 0.05) is 11.1 Å². The van der Waals surface area contributed by atoms with Crippen molar-refractivity contribution in [1.29, 1.82) is 0 Å². The number of nitrogens with zero attached hydrogens (tertiary/aromatic N) is 2. The SMILES string of the molecule is CC1(C)OCC(=C(C(=O)OCc2ccccc2)N2C(=O)C3N=C(c4ccccc4)OC32)CO1. The molecule has 2 fully saturated rings. The van der Waals surface area contributed by atoms with Crippen molar-refractivity contribution >= 4 is 17.8 Å². The molecule has 2 saturated heterocycles. The van der Waals surface area contributed by atoms with Crippen LogP contribution in [0.25, 0.3) is 0 Å². The van der Waals surface area contributed by atoms with Gasteiger partial charge in [-0.15, -0.1) is 0 Å². The van der Waals surface area contributed by atoms with E-state index in [4.69, 9.17) is 18.9 Å². The third-order valence-electron chi connectivity index (χ3n) is 5.69. The van der Waals surface area contributed by atoms with Crippen molar-refractivity contribution < 1.29 is 28.5 Å². The Morgan fingerprint density at radius 3 is 2.36 bits per heavy atom. The van der Waals surface area contributed by atoms with E-state index in [1.807, 2.05) is 60.7 Å². The summed E-state index contributed by atoms with van der Waals surface area (Å²) in [6.45, 7) is 3.93. The van der Waals surface area contributed by atoms with Crippen molar-refractivity contribution in [3.8, 4) is 0 Å². The number of amides is 1. The van der Waals surface area contributed by atoms with Crippen LogP contribution in [0.5, 0.6) is 0 Å². The number of aliphatic imine (C=N–C) groups is 1. The Labute approximate surface area is 191 Å². The zero-order valence-corrected chi connectivity index (χ0v) is 18.4. The summed E-state index contributed by atoms with van der Waals surface area (Å²) in [5.74, 6) is -1.36. The van der Waals surface area contributed by atoms with Gasteiger partial charge in [0.1, 0.15) is 12.3 Å². The molecule has 0 saturated carbocycles. The Morgan fingerprint density at radius 1 is 1.06 bits per heavy atom. The predicted molar refractivity (Wildman–Crippen MR) is 118 cm³/mol. The first-order valence-corrected chi connectivity index (χ1v) is 10.8. The summed E-state index contributed by atoms with van der Waals surface area (Å²) in [6, 6.07) is 18.0. The van der Waals surface area contributed by atoms with Gasteiger partial charge in [0.25, 0.3) is 5.91 Å². The molecule has 170 valence electrons. The molecule has 2 unspecified atom stereocenters. The highest BCUT2D eigenvalue weighted by Crippen LogP contribution is 2.37. The average molecular weight is 448 g/mol. The van der Waals surface area contributed by atoms with E-state index in [0.29, 0.717) is 11.5 Å². The second-order valence-electron chi connectivity index (χ2n) is 8.45. The quantitative estimate of drug-likeness (QED) is 0.397. The summed E-state index contributed by atoms with van der Waals surface area (Å²) < 4.78 is 23.0. The number of benzene rings is 2. The van der Waals surface area contributed by atoms with E-state index in [1.54, 1.807) is 13.8 Å². The van der Waals surface area contributed by atoms with Gasteiger partial charge in [0.05, 0.1) is 13.2 Å². The molecule has 0 bridgehead atoms. The number of esters is 1. The molecule has 33 heavy (non-hydrogen) atoms. The molecule has 2 atom stereocenters. The minimum absolute atomic E-state index is 0.0758. The topological polar surface area (TPSA) is 86.7 Å². The van der Waals surface area contributed by atoms with Crippen LogP contribution in [0, 0.1) is 0 Å². The van der Waals surface area contributed by atoms with Crippen LogP contribution in [0.15, 0.2) is 76.9 Å². The number of hydrogen-bond donors (Lipinski definition) is 0. The molecular weight excluding hydrogens is 424 g/mol. The summed E-state index contributed by atoms with van der Waals surface area (Å²) in [7, 11) is 0. The molecular formula is C25H24N2O6. The number of likely N-dealkylation sites (tertiary alicyclic amines) is 1. The van der Waals surface area contributed by atoms with Gasteiger partial charge >= 0.3 is 5.97 Å². The lowest BCUT2D eigenvalue weighted by molar-refractivity contribution is -0.227. The van der Waals surface area contributed by atoms with E-state index in [1.165, 1.54) is 4.90 Å². The van der Waals surface area contributed by atoms with E-state index in [9.17, 15) is 9.59 Å². The van der Waals surface area contributed by atoms with E-state index >= 15 is 0 Å². The molecule has 8 heteroatoms. The monoisotopic (exact) mass is 448 g/mol. The summed E-state index contributed by atoms with van der Waals surface area (Å²) in [6.07, 6.45) is -0.714. The largest absolute Gasteiger partial charge is 0.456 e. The van der Waals surface area contributed by atoms with Crippen molar-refractivity contribution in [2.45, 2.75) is 38.5 Å². The van der Waals surface area contributed by atoms with E-state index in [-0.39, 0.29) is 31.4 Å². The molecule has 0 N–H and O–H groups in total. The lowest BCUT2D eigenvalue weighted by Crippen LogP contribution is -2.63. The highest BCUT2D eigenvalue weighted by molar-refractivity contribution is 6.05. The van der Waals surface area contributed by atoms with Gasteiger partial charge in [-0.2, -0.15) is 0 Å². The minimum Gasteiger partial charge on any atom is -0.456 e. The fourth-order valence-corrected chi connectivity index (χ4v) is 3.86. The third-order valence-corrected chi connectivity index (χ3v) is 5.69. The highest BCUT2D eigenvalue weighted by Gasteiger charge is 2.57. The molecule has 3 aliphatic rings. The first-order valence-electron chi connectivity index (χ1n) is 10.8. The molecule has 5 rings (SSSR count). The Bertz CT molecular complexity index is 1110. The maximum absolute atomic E-state index is 13.2. The Morgan fingerprint density at radius 2 is 1.70 bits per heavy atom. The molecule has 3 aliphatic heterocycles. The Balaban J connectivity index is 1.40. The van der Waals surface area contributed by atoms with Crippen LogP contribution in [0.2, 0.25) is 0 Å². The number of rotatable bonds is 5. The number of fused-ring (bicyclic) bond motifs is 1. The maximum Gasteiger partial charge on any atom is 0.355 e. The molecule has 0 radical (unpaired) electrons. The molecule has 8 nitrogen and oxygen atoms in total. The second-order valence-corrected chi connectivity index (χ2v) is 8.45. The smallest absolute Gasteiger partial charge is 0.355 e. The number of carbonyl (C=O) groups excluding carboxylic acids is 2. The van der Waals surface area contributed by atoms with Gasteiger partial charge < -0.3 is 18.9 Å². The van der Waals surface area contributed by atoms with Crippen LogP contribution >= 0.6 is 0 Å². The summed E-state index contributed by atoms with van der Waals surface area (Å²) >= 11 is 0. The van der Waals surface area contributed by atoms with Crippen LogP contribution in [0.1, 0.15) is 25.0 Å². The zero-order valence-electron chi connectivity index (χ0n) is 18.4. The van der Waals surface area contributed by atoms with Gasteiger partial charge in [0.15, 0.2) is 11.8 Å². The highest BCUT2D eigenvalue weighted by atomic mass is 16.7. The molecule has 3 heterocycles. The lowest BCUT2D eigenvalue weighted by Gasteiger charge is -2.42. The van der Waals surface area contributed by atoms with Gasteiger partial charge in [-0.25, -0.2) is 9.79 Å². The van der Waals surface area contributed by atoms with Gasteiger partial charge in [-0.1, -0.05) is 48.5 Å². The first kappa shape index (κ1) is 21.4. The molecule has 0 aliphatic carbocycles. The van der Waals surface area contributed by atoms with Crippen LogP contribution in [0.3, 0.4) is 0 Å². The molecule has 0 aromatic heterocycles. The van der Waals surface area contributed by atoms with Crippen molar-refractivity contribution in [3.63, 3.8) is 0 Å². The predicted octanol–water partition coefficient (Wildman–Crippen LogP) is 2.78. The normalized spacial score (nSPS) is 23.2. The second kappa shape index (κ2) is 8.46. The van der Waals surface area contributed by atoms with E-state index in [2.05, 4.69) is 4.99 Å². The van der Waals surface area contributed by atoms with Gasteiger partial charge in [-0.05, 0) is 31.5 Å². The maximum atomic E-state index is 13.2. The summed E-state index contributed by atoms with van der Waals surface area (Å²) in [4.78, 5) is 32.0. The number of β-lactam (4-membered cyclic amide) rings is 1. The van der Waals surface area contributed by atoms with Crippen LogP contribution in [-0.2, 0) is 35.1 Å². The lowest BCUT2D eigenvalue weighted by atomic mass is 10.0. The molecule has 0 spiro atoms. The minimum atomic E-state index is -0.780. The average Bonchev–Trinajstić information content (AvgIpc) is 3.23. The summed E-state index contributed by atoms with van der Waals surface area (Å²) in [5.41, 5.74) is 2.23. The van der Waals surface area contributed by atoms with Crippen molar-refractivity contribution in [3.05, 3.63) is 83.1 Å². The van der Waals surface area contributed by atoms with E-state index in [0.717, 1.165) is 11.1 Å². The standard InChI is InChI=1S/C25H24N2O6/c1-25(2)31-14-18(15-32-25)20(24(29)30-13-16-9-5-3-6-10-16)27-22(28)19-23(27)33-21(26-19)17-11-7-4-8-12-17/h3-12,19,23H,13-15H2,1-2H3. The Hall–Kier alpha value is -3.49. The molecule has 1 amide bonds. The number of hydrogen-bond acceptors (Lipinski definition) is 7. The number of ether oxygens (including phenoxy) is 4.